The highest BCUT2D eigenvalue weighted by atomic mass is 32.1. The van der Waals surface area contributed by atoms with Crippen LogP contribution in [0.25, 0.3) is 11.4 Å². The highest BCUT2D eigenvalue weighted by molar-refractivity contribution is 7.71. The summed E-state index contributed by atoms with van der Waals surface area (Å²) in [5.41, 5.74) is -0.665. The Hall–Kier alpha value is -1.76. The Balaban J connectivity index is 2.72. The summed E-state index contributed by atoms with van der Waals surface area (Å²) in [6, 6.07) is 3.86. The second-order valence-electron chi connectivity index (χ2n) is 4.87. The van der Waals surface area contributed by atoms with Gasteiger partial charge in [0.25, 0.3) is 0 Å². The fourth-order valence-corrected chi connectivity index (χ4v) is 2.09. The minimum atomic E-state index is -4.60. The van der Waals surface area contributed by atoms with Crippen LogP contribution in [0.1, 0.15) is 31.0 Å². The van der Waals surface area contributed by atoms with E-state index in [1.165, 1.54) is 0 Å². The minimum absolute atomic E-state index is 0.0244. The number of nitrogens with one attached hydrogen (secondary N) is 1. The quantitative estimate of drug-likeness (QED) is 0.618. The molecule has 0 spiro atoms. The van der Waals surface area contributed by atoms with Gasteiger partial charge in [-0.25, -0.2) is 9.37 Å². The molecule has 1 aromatic carbocycles. The lowest BCUT2D eigenvalue weighted by Crippen LogP contribution is -2.09. The van der Waals surface area contributed by atoms with Gasteiger partial charge >= 0.3 is 6.18 Å². The van der Waals surface area contributed by atoms with Crippen LogP contribution in [0.2, 0.25) is 0 Å². The Morgan fingerprint density at radius 1 is 1.19 bits per heavy atom. The number of hydrogen-bond acceptors (Lipinski definition) is 2. The zero-order valence-electron chi connectivity index (χ0n) is 11.3. The number of aromatic nitrogens is 2. The van der Waals surface area contributed by atoms with Gasteiger partial charge in [-0.3, -0.25) is 0 Å². The summed E-state index contributed by atoms with van der Waals surface area (Å²) in [6.45, 7) is 3.72. The largest absolute Gasteiger partial charge is 0.417 e. The van der Waals surface area contributed by atoms with Gasteiger partial charge in [-0.1, -0.05) is 26.1 Å². The molecular weight excluding hydrogens is 304 g/mol. The Morgan fingerprint density at radius 3 is 2.43 bits per heavy atom. The number of hydrogen-bond donors (Lipinski definition) is 1. The summed E-state index contributed by atoms with van der Waals surface area (Å²) < 4.78 is 52.6. The number of aromatic amines is 1. The van der Waals surface area contributed by atoms with Crippen molar-refractivity contribution in [3.8, 4) is 11.4 Å². The average molecular weight is 316 g/mol. The monoisotopic (exact) mass is 316 g/mol. The van der Waals surface area contributed by atoms with Gasteiger partial charge < -0.3 is 4.98 Å². The first-order valence-electron chi connectivity index (χ1n) is 6.17. The Labute approximate surface area is 123 Å². The van der Waals surface area contributed by atoms with Crippen molar-refractivity contribution in [2.24, 2.45) is 0 Å². The van der Waals surface area contributed by atoms with Crippen LogP contribution in [0.15, 0.2) is 24.3 Å². The van der Waals surface area contributed by atoms with Crippen LogP contribution in [-0.4, -0.2) is 9.97 Å². The van der Waals surface area contributed by atoms with Gasteiger partial charge in [-0.15, -0.1) is 0 Å². The topological polar surface area (TPSA) is 28.7 Å². The van der Waals surface area contributed by atoms with Crippen LogP contribution < -0.4 is 0 Å². The highest BCUT2D eigenvalue weighted by Crippen LogP contribution is 2.36. The maximum absolute atomic E-state index is 13.3. The van der Waals surface area contributed by atoms with Gasteiger partial charge in [-0.2, -0.15) is 13.2 Å². The van der Waals surface area contributed by atoms with Crippen LogP contribution in [-0.2, 0) is 6.18 Å². The second kappa shape index (κ2) is 5.55. The number of halogens is 4. The second-order valence-corrected chi connectivity index (χ2v) is 5.28. The van der Waals surface area contributed by atoms with E-state index in [2.05, 4.69) is 9.97 Å². The van der Waals surface area contributed by atoms with Gasteiger partial charge in [0.2, 0.25) is 0 Å². The third-order valence-electron chi connectivity index (χ3n) is 2.93. The Morgan fingerprint density at radius 2 is 1.86 bits per heavy atom. The van der Waals surface area contributed by atoms with E-state index in [4.69, 9.17) is 12.2 Å². The normalized spacial score (nSPS) is 12.0. The molecule has 2 nitrogen and oxygen atoms in total. The van der Waals surface area contributed by atoms with Crippen molar-refractivity contribution >= 4 is 12.2 Å². The summed E-state index contributed by atoms with van der Waals surface area (Å²) in [6.07, 6.45) is -4.60. The fourth-order valence-electron chi connectivity index (χ4n) is 1.87. The van der Waals surface area contributed by atoms with Crippen molar-refractivity contribution in [2.75, 3.05) is 0 Å². The van der Waals surface area contributed by atoms with E-state index in [-0.39, 0.29) is 21.9 Å². The smallest absolute Gasteiger partial charge is 0.343 e. The average Bonchev–Trinajstić information content (AvgIpc) is 2.36. The third kappa shape index (κ3) is 3.47. The number of benzene rings is 1. The van der Waals surface area contributed by atoms with E-state index >= 15 is 0 Å². The molecule has 2 aromatic rings. The molecule has 0 fully saturated rings. The van der Waals surface area contributed by atoms with E-state index in [1.807, 2.05) is 13.8 Å². The predicted octanol–water partition coefficient (Wildman–Crippen LogP) is 5.09. The first-order valence-corrected chi connectivity index (χ1v) is 6.57. The molecule has 112 valence electrons. The maximum atomic E-state index is 13.3. The van der Waals surface area contributed by atoms with E-state index in [9.17, 15) is 17.6 Å². The number of rotatable bonds is 2. The summed E-state index contributed by atoms with van der Waals surface area (Å²) in [7, 11) is 0. The van der Waals surface area contributed by atoms with E-state index in [0.717, 1.165) is 12.1 Å². The molecule has 0 saturated heterocycles. The van der Waals surface area contributed by atoms with Gasteiger partial charge in [0.1, 0.15) is 16.3 Å². The standard InChI is InChI=1S/C14H12F4N2S/c1-7(2)11-6-12(21)20-13(19-11)9-5-8(15)3-4-10(9)14(16,17)18/h3-7H,1-2H3,(H,19,20,21). The molecule has 0 aliphatic rings. The van der Waals surface area contributed by atoms with Gasteiger partial charge in [0.05, 0.1) is 5.56 Å². The lowest BCUT2D eigenvalue weighted by molar-refractivity contribution is -0.137. The molecule has 0 radical (unpaired) electrons. The molecule has 0 aliphatic carbocycles. The zero-order chi connectivity index (χ0) is 15.8. The van der Waals surface area contributed by atoms with Gasteiger partial charge in [0, 0.05) is 11.3 Å². The van der Waals surface area contributed by atoms with Crippen LogP contribution in [0.5, 0.6) is 0 Å². The number of H-pyrrole nitrogens is 1. The van der Waals surface area contributed by atoms with Crippen molar-refractivity contribution in [3.05, 3.63) is 46.0 Å². The molecule has 0 atom stereocenters. The molecule has 1 heterocycles. The Kier molecular flexibility index (Phi) is 4.13. The first kappa shape index (κ1) is 15.6. The van der Waals surface area contributed by atoms with Crippen molar-refractivity contribution in [1.29, 1.82) is 0 Å². The summed E-state index contributed by atoms with van der Waals surface area (Å²) in [4.78, 5) is 6.69. The molecule has 1 N–H and O–H groups in total. The summed E-state index contributed by atoms with van der Waals surface area (Å²) in [5, 5.41) is 0. The van der Waals surface area contributed by atoms with Crippen LogP contribution >= 0.6 is 12.2 Å². The van der Waals surface area contributed by atoms with Crippen LogP contribution in [0, 0.1) is 10.5 Å². The van der Waals surface area contributed by atoms with Gasteiger partial charge in [-0.05, 0) is 30.2 Å². The molecule has 0 bridgehead atoms. The summed E-state index contributed by atoms with van der Waals surface area (Å²) >= 11 is 4.97. The summed E-state index contributed by atoms with van der Waals surface area (Å²) in [5.74, 6) is -0.830. The minimum Gasteiger partial charge on any atom is -0.343 e. The lowest BCUT2D eigenvalue weighted by Gasteiger charge is -2.14. The molecule has 0 unspecified atom stereocenters. The van der Waals surface area contributed by atoms with Crippen molar-refractivity contribution in [3.63, 3.8) is 0 Å². The molecule has 0 amide bonds. The zero-order valence-corrected chi connectivity index (χ0v) is 12.1. The maximum Gasteiger partial charge on any atom is 0.417 e. The van der Waals surface area contributed by atoms with Crippen LogP contribution in [0.4, 0.5) is 17.6 Å². The fraction of sp³-hybridized carbons (Fsp3) is 0.286. The first-order chi connectivity index (χ1) is 9.68. The molecule has 21 heavy (non-hydrogen) atoms. The number of alkyl halides is 3. The van der Waals surface area contributed by atoms with Crippen molar-refractivity contribution in [1.82, 2.24) is 9.97 Å². The van der Waals surface area contributed by atoms with Gasteiger partial charge in [0.15, 0.2) is 0 Å². The molecule has 1 aromatic heterocycles. The van der Waals surface area contributed by atoms with E-state index in [1.54, 1.807) is 6.07 Å². The highest BCUT2D eigenvalue weighted by Gasteiger charge is 2.34. The molecule has 0 saturated carbocycles. The lowest BCUT2D eigenvalue weighted by atomic mass is 10.1. The van der Waals surface area contributed by atoms with E-state index in [0.29, 0.717) is 11.8 Å². The van der Waals surface area contributed by atoms with Crippen LogP contribution in [0.3, 0.4) is 0 Å². The van der Waals surface area contributed by atoms with E-state index < -0.39 is 17.6 Å². The third-order valence-corrected chi connectivity index (χ3v) is 3.14. The van der Waals surface area contributed by atoms with Crippen molar-refractivity contribution < 1.29 is 17.6 Å². The molecule has 0 aliphatic heterocycles. The molecule has 7 heteroatoms. The van der Waals surface area contributed by atoms with Crippen molar-refractivity contribution in [2.45, 2.75) is 25.9 Å². The SMILES string of the molecule is CC(C)c1cc(=S)nc(-c2cc(F)ccc2C(F)(F)F)[nH]1. The molecule has 2 rings (SSSR count). The molecular formula is C14H12F4N2S. The predicted molar refractivity (Wildman–Crippen MR) is 73.9 cm³/mol. The Bertz CT molecular complexity index is 720. The number of nitrogens with zero attached hydrogens (tertiary/aromatic N) is 1.